The largest absolute Gasteiger partial charge is 0.492 e. The molecule has 0 fully saturated rings. The monoisotopic (exact) mass is 320 g/mol. The number of carbonyl (C=O) groups is 1. The summed E-state index contributed by atoms with van der Waals surface area (Å²) in [7, 11) is 3.99. The van der Waals surface area contributed by atoms with E-state index in [1.165, 1.54) is 11.3 Å². The fraction of sp³-hybridized carbons (Fsp3) is 0.333. The van der Waals surface area contributed by atoms with Crippen molar-refractivity contribution >= 4 is 22.9 Å². The Kier molecular flexibility index (Phi) is 5.88. The van der Waals surface area contributed by atoms with Gasteiger partial charge in [0, 0.05) is 24.2 Å². The molecule has 0 spiro atoms. The Balaban J connectivity index is 1.89. The molecule has 1 aromatic heterocycles. The topological polar surface area (TPSA) is 80.5 Å². The number of nitrogens with one attached hydrogen (secondary N) is 1. The smallest absolute Gasteiger partial charge is 0.275 e. The lowest BCUT2D eigenvalue weighted by Crippen LogP contribution is -2.19. The summed E-state index contributed by atoms with van der Waals surface area (Å²) >= 11 is 1.38. The minimum absolute atomic E-state index is 0.239. The van der Waals surface area contributed by atoms with Gasteiger partial charge in [-0.3, -0.25) is 4.79 Å². The molecule has 6 nitrogen and oxygen atoms in total. The predicted molar refractivity (Wildman–Crippen MR) is 88.4 cm³/mol. The van der Waals surface area contributed by atoms with Crippen molar-refractivity contribution in [2.75, 3.05) is 32.6 Å². The molecule has 0 bridgehead atoms. The number of amides is 1. The number of anilines is 1. The summed E-state index contributed by atoms with van der Waals surface area (Å²) in [4.78, 5) is 18.2. The summed E-state index contributed by atoms with van der Waals surface area (Å²) in [5, 5.41) is 5.25. The van der Waals surface area contributed by atoms with Gasteiger partial charge < -0.3 is 20.7 Å². The van der Waals surface area contributed by atoms with Crippen LogP contribution in [0, 0.1) is 0 Å². The highest BCUT2D eigenvalue weighted by Crippen LogP contribution is 2.17. The normalized spacial score (nSPS) is 10.7. The Labute approximate surface area is 133 Å². The molecule has 0 radical (unpaired) electrons. The Morgan fingerprint density at radius 2 is 2.09 bits per heavy atom. The van der Waals surface area contributed by atoms with E-state index < -0.39 is 0 Å². The van der Waals surface area contributed by atoms with Gasteiger partial charge in [-0.1, -0.05) is 0 Å². The molecule has 3 N–H and O–H groups in total. The second kappa shape index (κ2) is 7.88. The Hall–Kier alpha value is -1.96. The van der Waals surface area contributed by atoms with Gasteiger partial charge >= 0.3 is 0 Å². The van der Waals surface area contributed by atoms with E-state index in [1.807, 2.05) is 26.2 Å². The van der Waals surface area contributed by atoms with Crippen LogP contribution < -0.4 is 15.8 Å². The molecule has 0 saturated heterocycles. The van der Waals surface area contributed by atoms with E-state index in [2.05, 4.69) is 15.2 Å². The molecule has 2 aromatic rings. The third kappa shape index (κ3) is 4.80. The van der Waals surface area contributed by atoms with Crippen LogP contribution in [0.3, 0.4) is 0 Å². The number of hydrogen-bond acceptors (Lipinski definition) is 6. The first kappa shape index (κ1) is 16.4. The van der Waals surface area contributed by atoms with Crippen LogP contribution in [-0.2, 0) is 6.54 Å². The fourth-order valence-corrected chi connectivity index (χ4v) is 2.34. The molecule has 0 unspecified atom stereocenters. The molecule has 2 rings (SSSR count). The number of likely N-dealkylation sites (N-methyl/N-ethyl adjacent to an activating group) is 1. The molecule has 0 aliphatic rings. The van der Waals surface area contributed by atoms with Crippen molar-refractivity contribution in [3.8, 4) is 5.75 Å². The third-order valence-corrected chi connectivity index (χ3v) is 3.75. The van der Waals surface area contributed by atoms with Crippen LogP contribution in [0.25, 0.3) is 0 Å². The van der Waals surface area contributed by atoms with Gasteiger partial charge in [-0.05, 0) is 38.4 Å². The van der Waals surface area contributed by atoms with E-state index in [9.17, 15) is 4.79 Å². The molecule has 1 heterocycles. The number of rotatable bonds is 7. The van der Waals surface area contributed by atoms with Crippen LogP contribution in [0.15, 0.2) is 29.6 Å². The number of ether oxygens (including phenoxy) is 1. The molecule has 0 aliphatic carbocycles. The van der Waals surface area contributed by atoms with Crippen molar-refractivity contribution in [2.45, 2.75) is 6.54 Å². The first-order chi connectivity index (χ1) is 10.6. The van der Waals surface area contributed by atoms with Gasteiger partial charge in [-0.15, -0.1) is 11.3 Å². The lowest BCUT2D eigenvalue weighted by molar-refractivity contribution is 0.102. The van der Waals surface area contributed by atoms with Crippen molar-refractivity contribution in [2.24, 2.45) is 5.73 Å². The van der Waals surface area contributed by atoms with Gasteiger partial charge in [0.2, 0.25) is 0 Å². The van der Waals surface area contributed by atoms with Crippen molar-refractivity contribution in [1.29, 1.82) is 0 Å². The zero-order valence-corrected chi connectivity index (χ0v) is 13.5. The second-order valence-electron chi connectivity index (χ2n) is 4.96. The fourth-order valence-electron chi connectivity index (χ4n) is 1.68. The van der Waals surface area contributed by atoms with Gasteiger partial charge in [-0.25, -0.2) is 4.98 Å². The first-order valence-electron chi connectivity index (χ1n) is 6.92. The second-order valence-corrected chi connectivity index (χ2v) is 5.90. The van der Waals surface area contributed by atoms with Gasteiger partial charge in [0.1, 0.15) is 23.1 Å². The average Bonchev–Trinajstić information content (AvgIpc) is 2.98. The average molecular weight is 320 g/mol. The van der Waals surface area contributed by atoms with Crippen molar-refractivity contribution in [3.05, 3.63) is 40.3 Å². The maximum atomic E-state index is 12.0. The minimum Gasteiger partial charge on any atom is -0.492 e. The summed E-state index contributed by atoms with van der Waals surface area (Å²) in [5.41, 5.74) is 6.58. The zero-order valence-electron chi connectivity index (χ0n) is 12.7. The molecule has 22 heavy (non-hydrogen) atoms. The molecule has 0 saturated carbocycles. The summed E-state index contributed by atoms with van der Waals surface area (Å²) in [6.45, 7) is 1.82. The summed E-state index contributed by atoms with van der Waals surface area (Å²) in [6, 6.07) is 7.27. The van der Waals surface area contributed by atoms with Gasteiger partial charge in [0.15, 0.2) is 0 Å². The van der Waals surface area contributed by atoms with Crippen molar-refractivity contribution in [3.63, 3.8) is 0 Å². The number of aromatic nitrogens is 1. The van der Waals surface area contributed by atoms with Gasteiger partial charge in [0.25, 0.3) is 5.91 Å². The van der Waals surface area contributed by atoms with Gasteiger partial charge in [0.05, 0.1) is 0 Å². The van der Waals surface area contributed by atoms with E-state index in [-0.39, 0.29) is 5.91 Å². The van der Waals surface area contributed by atoms with Crippen LogP contribution in [-0.4, -0.2) is 43.0 Å². The van der Waals surface area contributed by atoms with Gasteiger partial charge in [-0.2, -0.15) is 0 Å². The highest BCUT2D eigenvalue weighted by molar-refractivity contribution is 7.09. The minimum atomic E-state index is -0.239. The predicted octanol–water partition coefficient (Wildman–Crippen LogP) is 1.79. The zero-order chi connectivity index (χ0) is 15.9. The molecule has 1 amide bonds. The maximum absolute atomic E-state index is 12.0. The molecular weight excluding hydrogens is 300 g/mol. The summed E-state index contributed by atoms with van der Waals surface area (Å²) < 4.78 is 5.60. The van der Waals surface area contributed by atoms with Crippen LogP contribution >= 0.6 is 11.3 Å². The Morgan fingerprint density at radius 1 is 1.36 bits per heavy atom. The number of benzene rings is 1. The molecular formula is C15H20N4O2S. The van der Waals surface area contributed by atoms with Crippen LogP contribution in [0.1, 0.15) is 15.5 Å². The number of nitrogens with zero attached hydrogens (tertiary/aromatic N) is 2. The van der Waals surface area contributed by atoms with E-state index in [0.29, 0.717) is 24.5 Å². The van der Waals surface area contributed by atoms with E-state index in [1.54, 1.807) is 17.5 Å². The first-order valence-corrected chi connectivity index (χ1v) is 7.80. The number of thiazole rings is 1. The third-order valence-electron chi connectivity index (χ3n) is 2.88. The molecule has 7 heteroatoms. The highest BCUT2D eigenvalue weighted by Gasteiger charge is 2.10. The SMILES string of the molecule is CN(C)CCOc1ccc(NC(=O)c2csc(CN)n2)cc1. The Morgan fingerprint density at radius 3 is 2.68 bits per heavy atom. The highest BCUT2D eigenvalue weighted by atomic mass is 32.1. The molecule has 118 valence electrons. The Bertz CT molecular complexity index is 610. The van der Waals surface area contributed by atoms with Crippen molar-refractivity contribution < 1.29 is 9.53 Å². The van der Waals surface area contributed by atoms with E-state index >= 15 is 0 Å². The molecule has 0 aliphatic heterocycles. The van der Waals surface area contributed by atoms with Crippen LogP contribution in [0.4, 0.5) is 5.69 Å². The summed E-state index contributed by atoms with van der Waals surface area (Å²) in [5.74, 6) is 0.538. The van der Waals surface area contributed by atoms with Crippen LogP contribution in [0.2, 0.25) is 0 Å². The number of carbonyl (C=O) groups excluding carboxylic acids is 1. The van der Waals surface area contributed by atoms with Crippen LogP contribution in [0.5, 0.6) is 5.75 Å². The summed E-state index contributed by atoms with van der Waals surface area (Å²) in [6.07, 6.45) is 0. The molecule has 1 aromatic carbocycles. The maximum Gasteiger partial charge on any atom is 0.275 e. The molecule has 0 atom stereocenters. The lowest BCUT2D eigenvalue weighted by Gasteiger charge is -2.11. The lowest BCUT2D eigenvalue weighted by atomic mass is 10.3. The number of hydrogen-bond donors (Lipinski definition) is 2. The van der Waals surface area contributed by atoms with E-state index in [0.717, 1.165) is 17.3 Å². The van der Waals surface area contributed by atoms with Crippen molar-refractivity contribution in [1.82, 2.24) is 9.88 Å². The standard InChI is InChI=1S/C15H20N4O2S/c1-19(2)7-8-21-12-5-3-11(4-6-12)17-15(20)13-10-22-14(9-16)18-13/h3-6,10H,7-9,16H2,1-2H3,(H,17,20). The van der Waals surface area contributed by atoms with E-state index in [4.69, 9.17) is 10.5 Å². The number of nitrogens with two attached hydrogens (primary N) is 1. The quantitative estimate of drug-likeness (QED) is 0.813.